The number of carbonyl (C=O) groups is 2. The molecule has 0 bridgehead atoms. The Kier molecular flexibility index (Phi) is 6.87. The number of hydrogen-bond acceptors (Lipinski definition) is 9. The van der Waals surface area contributed by atoms with Crippen LogP contribution in [-0.2, 0) is 30.9 Å². The van der Waals surface area contributed by atoms with Crippen LogP contribution in [0.2, 0.25) is 0 Å². The van der Waals surface area contributed by atoms with Gasteiger partial charge in [-0.2, -0.15) is 4.31 Å². The first-order chi connectivity index (χ1) is 15.1. The number of ether oxygens (including phenoxy) is 2. The maximum atomic E-state index is 13.0. The summed E-state index contributed by atoms with van der Waals surface area (Å²) in [4.78, 5) is 34.0. The molecule has 1 saturated heterocycles. The summed E-state index contributed by atoms with van der Waals surface area (Å²) >= 11 is 0. The van der Waals surface area contributed by atoms with Gasteiger partial charge in [0.25, 0.3) is 5.69 Å². The van der Waals surface area contributed by atoms with Crippen molar-refractivity contribution in [2.24, 2.45) is 0 Å². The third-order valence-electron chi connectivity index (χ3n) is 4.92. The molecule has 0 radical (unpaired) electrons. The Labute approximate surface area is 183 Å². The largest absolute Gasteiger partial charge is 0.465 e. The van der Waals surface area contributed by atoms with Gasteiger partial charge in [0, 0.05) is 25.1 Å². The second kappa shape index (κ2) is 9.42. The lowest BCUT2D eigenvalue weighted by Crippen LogP contribution is -2.41. The van der Waals surface area contributed by atoms with Crippen LogP contribution in [0.1, 0.15) is 22.3 Å². The minimum atomic E-state index is -4.21. The molecule has 0 amide bonds. The summed E-state index contributed by atoms with van der Waals surface area (Å²) in [7, 11) is -2.96. The zero-order valence-corrected chi connectivity index (χ0v) is 17.7. The Morgan fingerprint density at radius 3 is 2.34 bits per heavy atom. The van der Waals surface area contributed by atoms with Gasteiger partial charge < -0.3 is 14.6 Å². The quantitative estimate of drug-likeness (QED) is 0.362. The van der Waals surface area contributed by atoms with Crippen LogP contribution in [-0.4, -0.2) is 60.5 Å². The van der Waals surface area contributed by atoms with Gasteiger partial charge in [-0.15, -0.1) is 0 Å². The lowest BCUT2D eigenvalue weighted by atomic mass is 10.1. The van der Waals surface area contributed by atoms with Crippen LogP contribution >= 0.6 is 0 Å². The summed E-state index contributed by atoms with van der Waals surface area (Å²) in [5.41, 5.74) is 0.607. The van der Waals surface area contributed by atoms with Crippen molar-refractivity contribution in [1.82, 2.24) is 4.31 Å². The first-order valence-electron chi connectivity index (χ1n) is 9.41. The lowest BCUT2D eigenvalue weighted by Gasteiger charge is -2.22. The number of β-amino-alcohol motifs (C(OH)–C–C–N with tert-alkyl or cyclic N) is 1. The van der Waals surface area contributed by atoms with Gasteiger partial charge in [0.05, 0.1) is 28.6 Å². The van der Waals surface area contributed by atoms with Gasteiger partial charge in [-0.25, -0.2) is 13.2 Å². The summed E-state index contributed by atoms with van der Waals surface area (Å²) in [6, 6.07) is 9.12. The van der Waals surface area contributed by atoms with E-state index in [-0.39, 0.29) is 30.2 Å². The third-order valence-corrected chi connectivity index (χ3v) is 6.80. The molecule has 0 aromatic heterocycles. The van der Waals surface area contributed by atoms with E-state index in [0.717, 1.165) is 28.6 Å². The Morgan fingerprint density at radius 1 is 1.16 bits per heavy atom. The second-order valence-electron chi connectivity index (χ2n) is 7.03. The van der Waals surface area contributed by atoms with Crippen molar-refractivity contribution in [3.63, 3.8) is 0 Å². The second-order valence-corrected chi connectivity index (χ2v) is 8.92. The Morgan fingerprint density at radius 2 is 1.78 bits per heavy atom. The molecule has 1 fully saturated rings. The van der Waals surface area contributed by atoms with Gasteiger partial charge in [-0.1, -0.05) is 12.1 Å². The highest BCUT2D eigenvalue weighted by molar-refractivity contribution is 7.89. The molecule has 32 heavy (non-hydrogen) atoms. The van der Waals surface area contributed by atoms with Crippen LogP contribution in [0, 0.1) is 10.1 Å². The molecule has 3 rings (SSSR count). The summed E-state index contributed by atoms with van der Waals surface area (Å²) in [6.07, 6.45) is -1.22. The molecule has 2 aromatic rings. The Balaban J connectivity index is 1.72. The standard InChI is InChI=1S/C20H20N2O9S/c1-30-19(24)14-4-2-13(3-5-14)12-31-20(25)18-10-16(23)11-21(18)32(28,29)17-8-6-15(7-9-17)22(26)27/h2-9,16,18,23H,10-12H2,1H3/t16-,18+/m0/s1. The SMILES string of the molecule is COC(=O)c1ccc(COC(=O)[C@H]2C[C@H](O)CN2S(=O)(=O)c2ccc([N+](=O)[O-])cc2)cc1. The number of nitrogens with zero attached hydrogens (tertiary/aromatic N) is 2. The number of non-ortho nitro benzene ring substituents is 1. The molecule has 2 aromatic carbocycles. The van der Waals surface area contributed by atoms with Crippen LogP contribution in [0.3, 0.4) is 0 Å². The normalized spacial score (nSPS) is 18.8. The van der Waals surface area contributed by atoms with E-state index >= 15 is 0 Å². The van der Waals surface area contributed by atoms with E-state index in [0.29, 0.717) is 11.1 Å². The number of aliphatic hydroxyl groups excluding tert-OH is 1. The van der Waals surface area contributed by atoms with Crippen LogP contribution in [0.4, 0.5) is 5.69 Å². The van der Waals surface area contributed by atoms with Gasteiger partial charge in [-0.05, 0) is 29.8 Å². The number of hydrogen-bond donors (Lipinski definition) is 1. The molecule has 1 aliphatic rings. The molecule has 0 unspecified atom stereocenters. The van der Waals surface area contributed by atoms with Gasteiger partial charge in [0.1, 0.15) is 12.6 Å². The van der Waals surface area contributed by atoms with E-state index in [9.17, 15) is 33.2 Å². The zero-order chi connectivity index (χ0) is 23.5. The van der Waals surface area contributed by atoms with E-state index in [1.165, 1.54) is 19.2 Å². The topological polar surface area (TPSA) is 153 Å². The number of nitro groups is 1. The van der Waals surface area contributed by atoms with Gasteiger partial charge >= 0.3 is 11.9 Å². The highest BCUT2D eigenvalue weighted by atomic mass is 32.2. The van der Waals surface area contributed by atoms with Crippen molar-refractivity contribution < 1.29 is 37.5 Å². The predicted molar refractivity (Wildman–Crippen MR) is 109 cm³/mol. The molecule has 1 aliphatic heterocycles. The van der Waals surface area contributed by atoms with Crippen LogP contribution in [0.5, 0.6) is 0 Å². The van der Waals surface area contributed by atoms with Crippen LogP contribution in [0.25, 0.3) is 0 Å². The van der Waals surface area contributed by atoms with Crippen molar-refractivity contribution in [3.8, 4) is 0 Å². The van der Waals surface area contributed by atoms with Gasteiger partial charge in [0.2, 0.25) is 10.0 Å². The molecular weight excluding hydrogens is 444 g/mol. The Hall–Kier alpha value is -3.35. The molecule has 1 N–H and O–H groups in total. The number of nitro benzene ring substituents is 1. The maximum absolute atomic E-state index is 13.0. The van der Waals surface area contributed by atoms with Gasteiger partial charge in [0.15, 0.2) is 0 Å². The third kappa shape index (κ3) is 4.93. The summed E-state index contributed by atoms with van der Waals surface area (Å²) in [5.74, 6) is -1.36. The molecule has 1 heterocycles. The van der Waals surface area contributed by atoms with Crippen molar-refractivity contribution in [2.45, 2.75) is 30.1 Å². The predicted octanol–water partition coefficient (Wildman–Crippen LogP) is 1.25. The van der Waals surface area contributed by atoms with E-state index in [1.807, 2.05) is 0 Å². The number of aliphatic hydroxyl groups is 1. The highest BCUT2D eigenvalue weighted by Crippen LogP contribution is 2.28. The molecule has 2 atom stereocenters. The van der Waals surface area contributed by atoms with E-state index in [2.05, 4.69) is 4.74 Å². The van der Waals surface area contributed by atoms with Crippen molar-refractivity contribution in [3.05, 3.63) is 69.8 Å². The summed E-state index contributed by atoms with van der Waals surface area (Å²) < 4.78 is 36.6. The van der Waals surface area contributed by atoms with E-state index in [4.69, 9.17) is 4.74 Å². The smallest absolute Gasteiger partial charge is 0.337 e. The monoisotopic (exact) mass is 464 g/mol. The minimum absolute atomic E-state index is 0.147. The number of methoxy groups -OCH3 is 1. The number of sulfonamides is 1. The average molecular weight is 464 g/mol. The molecule has 0 aliphatic carbocycles. The highest BCUT2D eigenvalue weighted by Gasteiger charge is 2.44. The number of carbonyl (C=O) groups excluding carboxylic acids is 2. The number of rotatable bonds is 7. The molecule has 170 valence electrons. The minimum Gasteiger partial charge on any atom is -0.465 e. The summed E-state index contributed by atoms with van der Waals surface area (Å²) in [5, 5.41) is 20.8. The fourth-order valence-corrected chi connectivity index (χ4v) is 4.87. The molecule has 12 heteroatoms. The van der Waals surface area contributed by atoms with Crippen molar-refractivity contribution in [2.75, 3.05) is 13.7 Å². The average Bonchev–Trinajstić information content (AvgIpc) is 3.20. The number of benzene rings is 2. The Bertz CT molecular complexity index is 1110. The van der Waals surface area contributed by atoms with Crippen molar-refractivity contribution >= 4 is 27.6 Å². The fraction of sp³-hybridized carbons (Fsp3) is 0.300. The van der Waals surface area contributed by atoms with Crippen LogP contribution in [0.15, 0.2) is 53.4 Å². The van der Waals surface area contributed by atoms with Gasteiger partial charge in [-0.3, -0.25) is 14.9 Å². The van der Waals surface area contributed by atoms with E-state index < -0.39 is 39.0 Å². The van der Waals surface area contributed by atoms with Crippen LogP contribution < -0.4 is 0 Å². The molecule has 11 nitrogen and oxygen atoms in total. The maximum Gasteiger partial charge on any atom is 0.337 e. The lowest BCUT2D eigenvalue weighted by molar-refractivity contribution is -0.384. The zero-order valence-electron chi connectivity index (χ0n) is 16.9. The fourth-order valence-electron chi connectivity index (χ4n) is 3.24. The molecule has 0 spiro atoms. The summed E-state index contributed by atoms with van der Waals surface area (Å²) in [6.45, 7) is -0.481. The van der Waals surface area contributed by atoms with E-state index in [1.54, 1.807) is 12.1 Å². The van der Waals surface area contributed by atoms with Crippen molar-refractivity contribution in [1.29, 1.82) is 0 Å². The number of esters is 2. The first-order valence-corrected chi connectivity index (χ1v) is 10.9. The first kappa shape index (κ1) is 23.3. The molecular formula is C20H20N2O9S. The molecule has 0 saturated carbocycles.